The van der Waals surface area contributed by atoms with Crippen LogP contribution in [0, 0.1) is 0 Å². The number of piperazine rings is 1. The van der Waals surface area contributed by atoms with Crippen LogP contribution in [0.5, 0.6) is 5.88 Å². The molecule has 1 amide bonds. The van der Waals surface area contributed by atoms with Crippen molar-refractivity contribution in [1.82, 2.24) is 19.8 Å². The second kappa shape index (κ2) is 11.3. The van der Waals surface area contributed by atoms with Gasteiger partial charge in [0, 0.05) is 60.6 Å². The fourth-order valence-corrected chi connectivity index (χ4v) is 5.14. The molecular formula is C30H31ClN4O2. The highest BCUT2D eigenvalue weighted by molar-refractivity contribution is 6.31. The highest BCUT2D eigenvalue weighted by Crippen LogP contribution is 2.25. The van der Waals surface area contributed by atoms with Crippen molar-refractivity contribution in [3.05, 3.63) is 89.3 Å². The van der Waals surface area contributed by atoms with Crippen LogP contribution in [0.1, 0.15) is 31.0 Å². The zero-order chi connectivity index (χ0) is 25.8. The fraction of sp³-hybridized carbons (Fsp3) is 0.300. The van der Waals surface area contributed by atoms with E-state index in [-0.39, 0.29) is 11.9 Å². The van der Waals surface area contributed by atoms with Gasteiger partial charge in [-0.05, 0) is 47.2 Å². The number of benzene rings is 2. The fourth-order valence-electron chi connectivity index (χ4n) is 4.96. The van der Waals surface area contributed by atoms with Gasteiger partial charge in [0.25, 0.3) is 0 Å². The summed E-state index contributed by atoms with van der Waals surface area (Å²) in [6, 6.07) is 20.0. The lowest BCUT2D eigenvalue weighted by atomic mass is 10.0. The first-order chi connectivity index (χ1) is 18.0. The van der Waals surface area contributed by atoms with E-state index < -0.39 is 0 Å². The van der Waals surface area contributed by atoms with Crippen LogP contribution in [0.15, 0.2) is 73.1 Å². The summed E-state index contributed by atoms with van der Waals surface area (Å²) in [6.07, 6.45) is 5.47. The second-order valence-electron chi connectivity index (χ2n) is 9.49. The normalized spacial score (nSPS) is 16.4. The number of hydrogen-bond donors (Lipinski definition) is 0. The molecule has 1 fully saturated rings. The third-order valence-corrected chi connectivity index (χ3v) is 7.20. The molecular weight excluding hydrogens is 484 g/mol. The number of rotatable bonds is 8. The number of halogens is 1. The maximum atomic E-state index is 13.5. The van der Waals surface area contributed by atoms with Crippen LogP contribution in [-0.4, -0.2) is 51.9 Å². The van der Waals surface area contributed by atoms with E-state index in [0.717, 1.165) is 52.5 Å². The van der Waals surface area contributed by atoms with E-state index in [1.54, 1.807) is 7.11 Å². The SMILES string of the molecule is CCC[C@H]1C(=O)N(Cc2ccc(-c3ccc(OC)nc3)cc2)CCN1Cc1cc2ccc(Cl)cc2cn1. The Bertz CT molecular complexity index is 1370. The van der Waals surface area contributed by atoms with Gasteiger partial charge in [0.1, 0.15) is 0 Å². The van der Waals surface area contributed by atoms with Gasteiger partial charge in [0.05, 0.1) is 18.8 Å². The smallest absolute Gasteiger partial charge is 0.240 e. The van der Waals surface area contributed by atoms with Crippen LogP contribution < -0.4 is 4.74 Å². The summed E-state index contributed by atoms with van der Waals surface area (Å²) in [5.41, 5.74) is 4.22. The number of methoxy groups -OCH3 is 1. The molecule has 1 aliphatic heterocycles. The second-order valence-corrected chi connectivity index (χ2v) is 9.92. The van der Waals surface area contributed by atoms with Crippen molar-refractivity contribution in [1.29, 1.82) is 0 Å². The van der Waals surface area contributed by atoms with Crippen molar-refractivity contribution in [3.63, 3.8) is 0 Å². The van der Waals surface area contributed by atoms with Crippen LogP contribution in [0.25, 0.3) is 21.9 Å². The van der Waals surface area contributed by atoms with Crippen LogP contribution in [-0.2, 0) is 17.9 Å². The molecule has 0 saturated carbocycles. The van der Waals surface area contributed by atoms with Gasteiger partial charge in [-0.3, -0.25) is 14.7 Å². The van der Waals surface area contributed by atoms with Gasteiger partial charge in [-0.2, -0.15) is 0 Å². The molecule has 5 rings (SSSR count). The molecule has 2 aromatic carbocycles. The molecule has 0 N–H and O–H groups in total. The monoisotopic (exact) mass is 514 g/mol. The number of aromatic nitrogens is 2. The number of carbonyl (C=O) groups is 1. The third-order valence-electron chi connectivity index (χ3n) is 6.97. The summed E-state index contributed by atoms with van der Waals surface area (Å²) in [6.45, 7) is 4.93. The molecule has 37 heavy (non-hydrogen) atoms. The van der Waals surface area contributed by atoms with Gasteiger partial charge in [-0.25, -0.2) is 4.98 Å². The average Bonchev–Trinajstić information content (AvgIpc) is 2.93. The quantitative estimate of drug-likeness (QED) is 0.290. The highest BCUT2D eigenvalue weighted by atomic mass is 35.5. The molecule has 4 aromatic rings. The van der Waals surface area contributed by atoms with Crippen LogP contribution in [0.2, 0.25) is 5.02 Å². The number of pyridine rings is 2. The average molecular weight is 515 g/mol. The lowest BCUT2D eigenvalue weighted by molar-refractivity contribution is -0.143. The van der Waals surface area contributed by atoms with Gasteiger partial charge in [0.2, 0.25) is 11.8 Å². The first-order valence-electron chi connectivity index (χ1n) is 12.7. The molecule has 0 aliphatic carbocycles. The van der Waals surface area contributed by atoms with Crippen molar-refractivity contribution < 1.29 is 9.53 Å². The Hall–Kier alpha value is -3.48. The number of amides is 1. The Labute approximate surface area is 222 Å². The minimum atomic E-state index is -0.133. The third kappa shape index (κ3) is 5.76. The van der Waals surface area contributed by atoms with Gasteiger partial charge >= 0.3 is 0 Å². The lowest BCUT2D eigenvalue weighted by Crippen LogP contribution is -2.56. The van der Waals surface area contributed by atoms with E-state index in [1.807, 2.05) is 47.6 Å². The molecule has 190 valence electrons. The highest BCUT2D eigenvalue weighted by Gasteiger charge is 2.34. The van der Waals surface area contributed by atoms with Crippen LogP contribution >= 0.6 is 11.6 Å². The summed E-state index contributed by atoms with van der Waals surface area (Å²) in [4.78, 5) is 26.8. The molecule has 0 spiro atoms. The van der Waals surface area contributed by atoms with Crippen molar-refractivity contribution >= 4 is 28.3 Å². The van der Waals surface area contributed by atoms with Crippen LogP contribution in [0.4, 0.5) is 0 Å². The molecule has 1 aliphatic rings. The summed E-state index contributed by atoms with van der Waals surface area (Å²) >= 11 is 6.12. The summed E-state index contributed by atoms with van der Waals surface area (Å²) < 4.78 is 5.15. The van der Waals surface area contributed by atoms with Gasteiger partial charge in [0.15, 0.2) is 0 Å². The summed E-state index contributed by atoms with van der Waals surface area (Å²) in [5.74, 6) is 0.796. The van der Waals surface area contributed by atoms with E-state index in [4.69, 9.17) is 16.3 Å². The Balaban J connectivity index is 1.26. The van der Waals surface area contributed by atoms with E-state index in [9.17, 15) is 4.79 Å². The molecule has 0 bridgehead atoms. The summed E-state index contributed by atoms with van der Waals surface area (Å²) in [7, 11) is 1.61. The Morgan fingerprint density at radius 2 is 1.73 bits per heavy atom. The van der Waals surface area contributed by atoms with Gasteiger partial charge in [-0.1, -0.05) is 55.3 Å². The van der Waals surface area contributed by atoms with E-state index in [2.05, 4.69) is 52.1 Å². The standard InChI is InChI=1S/C30H31ClN4O2/c1-3-4-28-30(36)35(19-21-5-7-22(8-6-21)24-10-12-29(37-2)33-17-24)14-13-34(28)20-27-16-23-9-11-26(31)15-25(23)18-32-27/h5-12,15-18,28H,3-4,13-14,19-20H2,1-2H3/t28-/m0/s1. The lowest BCUT2D eigenvalue weighted by Gasteiger charge is -2.40. The maximum absolute atomic E-state index is 13.5. The molecule has 0 unspecified atom stereocenters. The molecule has 2 aromatic heterocycles. The minimum Gasteiger partial charge on any atom is -0.481 e. The minimum absolute atomic E-state index is 0.133. The van der Waals surface area contributed by atoms with E-state index in [1.165, 1.54) is 0 Å². The molecule has 1 atom stereocenters. The predicted octanol–water partition coefficient (Wildman–Crippen LogP) is 5.97. The van der Waals surface area contributed by atoms with Gasteiger partial charge in [-0.15, -0.1) is 0 Å². The largest absolute Gasteiger partial charge is 0.481 e. The Morgan fingerprint density at radius 3 is 2.46 bits per heavy atom. The maximum Gasteiger partial charge on any atom is 0.240 e. The molecule has 0 radical (unpaired) electrons. The topological polar surface area (TPSA) is 58.6 Å². The Morgan fingerprint density at radius 1 is 0.919 bits per heavy atom. The van der Waals surface area contributed by atoms with E-state index in [0.29, 0.717) is 30.5 Å². The van der Waals surface area contributed by atoms with Crippen molar-refractivity contribution in [3.8, 4) is 17.0 Å². The van der Waals surface area contributed by atoms with Gasteiger partial charge < -0.3 is 9.64 Å². The number of hydrogen-bond acceptors (Lipinski definition) is 5. The number of carbonyl (C=O) groups excluding carboxylic acids is 1. The van der Waals surface area contributed by atoms with Crippen molar-refractivity contribution in [2.24, 2.45) is 0 Å². The number of ether oxygens (including phenoxy) is 1. The molecule has 7 heteroatoms. The van der Waals surface area contributed by atoms with Crippen molar-refractivity contribution in [2.75, 3.05) is 20.2 Å². The first kappa shape index (κ1) is 25.2. The summed E-state index contributed by atoms with van der Waals surface area (Å²) in [5, 5.41) is 2.84. The zero-order valence-electron chi connectivity index (χ0n) is 21.2. The van der Waals surface area contributed by atoms with Crippen LogP contribution in [0.3, 0.4) is 0 Å². The first-order valence-corrected chi connectivity index (χ1v) is 13.1. The van der Waals surface area contributed by atoms with Crippen molar-refractivity contribution in [2.45, 2.75) is 38.9 Å². The zero-order valence-corrected chi connectivity index (χ0v) is 22.0. The Kier molecular flexibility index (Phi) is 7.68. The predicted molar refractivity (Wildman–Crippen MR) is 148 cm³/mol. The molecule has 1 saturated heterocycles. The molecule has 6 nitrogen and oxygen atoms in total. The number of fused-ring (bicyclic) bond motifs is 1. The van der Waals surface area contributed by atoms with E-state index >= 15 is 0 Å². The number of nitrogens with zero attached hydrogens (tertiary/aromatic N) is 4. The molecule has 3 heterocycles.